The molecule has 0 radical (unpaired) electrons. The van der Waals surface area contributed by atoms with E-state index in [2.05, 4.69) is 22.5 Å². The number of carbonyl (C=O) groups is 2. The minimum atomic E-state index is -0.444. The molecule has 198 valence electrons. The summed E-state index contributed by atoms with van der Waals surface area (Å²) >= 11 is 0. The zero-order valence-electron chi connectivity index (χ0n) is 22.4. The minimum Gasteiger partial charge on any atom is -0.371 e. The summed E-state index contributed by atoms with van der Waals surface area (Å²) in [6, 6.07) is 25.8. The van der Waals surface area contributed by atoms with Crippen molar-refractivity contribution in [1.82, 2.24) is 5.32 Å². The normalized spacial score (nSPS) is 16.8. The SMILES string of the molecule is CC1CCN(c2ccc(NC(=O)C(c3ccccc3)c3ccccc3)cc2C(=O)NC2CCCCC2)CC1. The van der Waals surface area contributed by atoms with E-state index in [-0.39, 0.29) is 17.9 Å². The topological polar surface area (TPSA) is 61.4 Å². The van der Waals surface area contributed by atoms with Crippen LogP contribution in [-0.2, 0) is 4.79 Å². The molecule has 0 bridgehead atoms. The zero-order chi connectivity index (χ0) is 26.3. The van der Waals surface area contributed by atoms with E-state index < -0.39 is 5.92 Å². The Hall–Kier alpha value is -3.60. The maximum absolute atomic E-state index is 13.7. The van der Waals surface area contributed by atoms with Gasteiger partial charge in [0.05, 0.1) is 11.5 Å². The number of nitrogens with one attached hydrogen (secondary N) is 2. The third-order valence-electron chi connectivity index (χ3n) is 8.10. The van der Waals surface area contributed by atoms with Crippen LogP contribution in [0.25, 0.3) is 0 Å². The lowest BCUT2D eigenvalue weighted by atomic mass is 9.90. The van der Waals surface area contributed by atoms with Gasteiger partial charge >= 0.3 is 0 Å². The summed E-state index contributed by atoms with van der Waals surface area (Å²) < 4.78 is 0. The van der Waals surface area contributed by atoms with Crippen LogP contribution >= 0.6 is 0 Å². The summed E-state index contributed by atoms with van der Waals surface area (Å²) in [6.07, 6.45) is 7.89. The van der Waals surface area contributed by atoms with Crippen LogP contribution in [0.5, 0.6) is 0 Å². The first-order valence-corrected chi connectivity index (χ1v) is 14.2. The second kappa shape index (κ2) is 12.3. The summed E-state index contributed by atoms with van der Waals surface area (Å²) in [4.78, 5) is 29.6. The Bertz CT molecular complexity index is 1170. The molecule has 5 nitrogen and oxygen atoms in total. The van der Waals surface area contributed by atoms with Crippen LogP contribution in [0.1, 0.15) is 79.3 Å². The van der Waals surface area contributed by atoms with Crippen molar-refractivity contribution >= 4 is 23.2 Å². The van der Waals surface area contributed by atoms with Crippen LogP contribution in [0.2, 0.25) is 0 Å². The summed E-state index contributed by atoms with van der Waals surface area (Å²) in [5, 5.41) is 6.44. The van der Waals surface area contributed by atoms with Crippen LogP contribution in [-0.4, -0.2) is 30.9 Å². The Morgan fingerprint density at radius 1 is 0.789 bits per heavy atom. The Labute approximate surface area is 226 Å². The van der Waals surface area contributed by atoms with E-state index in [9.17, 15) is 9.59 Å². The van der Waals surface area contributed by atoms with E-state index in [1.165, 1.54) is 6.42 Å². The summed E-state index contributed by atoms with van der Waals surface area (Å²) in [5.74, 6) is 0.113. The molecule has 0 unspecified atom stereocenters. The number of carbonyl (C=O) groups excluding carboxylic acids is 2. The number of piperidine rings is 1. The molecule has 1 aliphatic heterocycles. The van der Waals surface area contributed by atoms with Crippen LogP contribution in [0, 0.1) is 5.92 Å². The molecule has 2 fully saturated rings. The van der Waals surface area contributed by atoms with Gasteiger partial charge in [-0.15, -0.1) is 0 Å². The molecule has 3 aromatic carbocycles. The van der Waals surface area contributed by atoms with Gasteiger partial charge in [-0.3, -0.25) is 9.59 Å². The Kier molecular flexibility index (Phi) is 8.42. The third kappa shape index (κ3) is 6.27. The highest BCUT2D eigenvalue weighted by Gasteiger charge is 2.26. The number of hydrogen-bond donors (Lipinski definition) is 2. The standard InChI is InChI=1S/C33H39N3O2/c1-24-19-21-36(22-20-24)30-18-17-28(23-29(30)32(37)34-27-15-9-4-10-16-27)35-33(38)31(25-11-5-2-6-12-25)26-13-7-3-8-14-26/h2-3,5-8,11-14,17-18,23-24,27,31H,4,9-10,15-16,19-22H2,1H3,(H,34,37)(H,35,38). The van der Waals surface area contributed by atoms with Gasteiger partial charge < -0.3 is 15.5 Å². The number of nitrogens with zero attached hydrogens (tertiary/aromatic N) is 1. The first-order valence-electron chi connectivity index (χ1n) is 14.2. The van der Waals surface area contributed by atoms with Gasteiger partial charge in [0.1, 0.15) is 0 Å². The molecule has 2 N–H and O–H groups in total. The molecule has 2 aliphatic rings. The predicted octanol–water partition coefficient (Wildman–Crippen LogP) is 6.76. The van der Waals surface area contributed by atoms with Gasteiger partial charge in [0.15, 0.2) is 0 Å². The molecule has 1 saturated carbocycles. The van der Waals surface area contributed by atoms with Gasteiger partial charge in [-0.2, -0.15) is 0 Å². The maximum Gasteiger partial charge on any atom is 0.253 e. The molecular formula is C33H39N3O2. The van der Waals surface area contributed by atoms with E-state index in [1.54, 1.807) is 0 Å². The highest BCUT2D eigenvalue weighted by molar-refractivity contribution is 6.03. The zero-order valence-corrected chi connectivity index (χ0v) is 22.4. The van der Waals surface area contributed by atoms with E-state index in [1.807, 2.05) is 78.9 Å². The summed E-state index contributed by atoms with van der Waals surface area (Å²) in [5.41, 5.74) is 4.13. The third-order valence-corrected chi connectivity index (χ3v) is 8.10. The fourth-order valence-electron chi connectivity index (χ4n) is 5.83. The van der Waals surface area contributed by atoms with Gasteiger partial charge in [0, 0.05) is 30.5 Å². The molecule has 2 amide bonds. The van der Waals surface area contributed by atoms with Gasteiger partial charge in [0.25, 0.3) is 5.91 Å². The quantitative estimate of drug-likeness (QED) is 0.370. The number of benzene rings is 3. The van der Waals surface area contributed by atoms with Crippen molar-refractivity contribution in [3.63, 3.8) is 0 Å². The number of hydrogen-bond acceptors (Lipinski definition) is 3. The molecule has 1 heterocycles. The highest BCUT2D eigenvalue weighted by Crippen LogP contribution is 2.31. The van der Waals surface area contributed by atoms with Crippen molar-refractivity contribution in [2.45, 2.75) is 63.8 Å². The summed E-state index contributed by atoms with van der Waals surface area (Å²) in [6.45, 7) is 4.18. The van der Waals surface area contributed by atoms with Crippen LogP contribution in [0.15, 0.2) is 78.9 Å². The molecule has 1 saturated heterocycles. The molecule has 0 atom stereocenters. The number of rotatable bonds is 7. The van der Waals surface area contributed by atoms with Crippen molar-refractivity contribution in [2.75, 3.05) is 23.3 Å². The second-order valence-electron chi connectivity index (χ2n) is 11.0. The van der Waals surface area contributed by atoms with E-state index in [4.69, 9.17) is 0 Å². The Balaban J connectivity index is 1.42. The molecule has 5 heteroatoms. The molecule has 0 aromatic heterocycles. The van der Waals surface area contributed by atoms with Crippen LogP contribution in [0.3, 0.4) is 0 Å². The Morgan fingerprint density at radius 3 is 2.00 bits per heavy atom. The second-order valence-corrected chi connectivity index (χ2v) is 11.0. The molecule has 38 heavy (non-hydrogen) atoms. The maximum atomic E-state index is 13.7. The molecular weight excluding hydrogens is 470 g/mol. The van der Waals surface area contributed by atoms with Gasteiger partial charge in [-0.05, 0) is 60.9 Å². The fraction of sp³-hybridized carbons (Fsp3) is 0.394. The lowest BCUT2D eigenvalue weighted by Gasteiger charge is -2.34. The monoisotopic (exact) mass is 509 g/mol. The average molecular weight is 510 g/mol. The van der Waals surface area contributed by atoms with E-state index in [0.717, 1.165) is 68.4 Å². The van der Waals surface area contributed by atoms with E-state index in [0.29, 0.717) is 17.2 Å². The lowest BCUT2D eigenvalue weighted by molar-refractivity contribution is -0.116. The van der Waals surface area contributed by atoms with Gasteiger partial charge in [-0.25, -0.2) is 0 Å². The molecule has 1 aliphatic carbocycles. The smallest absolute Gasteiger partial charge is 0.253 e. The Morgan fingerprint density at radius 2 is 1.39 bits per heavy atom. The van der Waals surface area contributed by atoms with Crippen molar-refractivity contribution in [1.29, 1.82) is 0 Å². The van der Waals surface area contributed by atoms with Gasteiger partial charge in [-0.1, -0.05) is 86.8 Å². The number of amides is 2. The van der Waals surface area contributed by atoms with Crippen molar-refractivity contribution in [2.24, 2.45) is 5.92 Å². The van der Waals surface area contributed by atoms with Crippen molar-refractivity contribution in [3.05, 3.63) is 95.6 Å². The largest absolute Gasteiger partial charge is 0.371 e. The van der Waals surface area contributed by atoms with Crippen molar-refractivity contribution in [3.8, 4) is 0 Å². The lowest BCUT2D eigenvalue weighted by Crippen LogP contribution is -2.38. The molecule has 5 rings (SSSR count). The minimum absolute atomic E-state index is 0.0377. The van der Waals surface area contributed by atoms with Crippen LogP contribution in [0.4, 0.5) is 11.4 Å². The predicted molar refractivity (Wildman–Crippen MR) is 155 cm³/mol. The number of anilines is 2. The van der Waals surface area contributed by atoms with Gasteiger partial charge in [0.2, 0.25) is 5.91 Å². The molecule has 0 spiro atoms. The van der Waals surface area contributed by atoms with Crippen LogP contribution < -0.4 is 15.5 Å². The van der Waals surface area contributed by atoms with E-state index >= 15 is 0 Å². The fourth-order valence-corrected chi connectivity index (χ4v) is 5.83. The highest BCUT2D eigenvalue weighted by atomic mass is 16.2. The first kappa shape index (κ1) is 26.0. The molecule has 3 aromatic rings. The summed E-state index contributed by atoms with van der Waals surface area (Å²) in [7, 11) is 0. The average Bonchev–Trinajstić information content (AvgIpc) is 2.95. The van der Waals surface area contributed by atoms with Crippen molar-refractivity contribution < 1.29 is 9.59 Å². The first-order chi connectivity index (χ1) is 18.6.